The third kappa shape index (κ3) is 3.20. The largest absolute Gasteiger partial charge is 0.382 e. The Morgan fingerprint density at radius 3 is 3.06 bits per heavy atom. The van der Waals surface area contributed by atoms with Crippen LogP contribution < -0.4 is 10.6 Å². The second-order valence-corrected chi connectivity index (χ2v) is 4.66. The van der Waals surface area contributed by atoms with Gasteiger partial charge in [-0.2, -0.15) is 0 Å². The Morgan fingerprint density at radius 2 is 2.39 bits per heavy atom. The third-order valence-corrected chi connectivity index (χ3v) is 3.15. The van der Waals surface area contributed by atoms with Crippen molar-refractivity contribution < 1.29 is 4.74 Å². The van der Waals surface area contributed by atoms with E-state index >= 15 is 0 Å². The second-order valence-electron chi connectivity index (χ2n) is 4.66. The number of nitrogens with zero attached hydrogens (tertiary/aromatic N) is 2. The first kappa shape index (κ1) is 12.8. The number of hydrogen-bond acceptors (Lipinski definition) is 4. The first-order valence-corrected chi connectivity index (χ1v) is 6.31. The van der Waals surface area contributed by atoms with Gasteiger partial charge in [0.25, 0.3) is 0 Å². The molecule has 1 aliphatic heterocycles. The Morgan fingerprint density at radius 1 is 1.56 bits per heavy atom. The minimum atomic E-state index is -0.000772. The van der Waals surface area contributed by atoms with Crippen LogP contribution in [0.2, 0.25) is 0 Å². The van der Waals surface area contributed by atoms with Crippen LogP contribution in [-0.4, -0.2) is 37.1 Å². The minimum absolute atomic E-state index is 0.000772. The van der Waals surface area contributed by atoms with Gasteiger partial charge in [0.1, 0.15) is 17.3 Å². The van der Waals surface area contributed by atoms with E-state index in [1.165, 1.54) is 6.42 Å². The molecular weight excluding hydrogens is 228 g/mol. The van der Waals surface area contributed by atoms with E-state index in [2.05, 4.69) is 9.88 Å². The first-order valence-electron chi connectivity index (χ1n) is 6.31. The number of anilines is 1. The summed E-state index contributed by atoms with van der Waals surface area (Å²) in [6.45, 7) is 1.69. The van der Waals surface area contributed by atoms with Gasteiger partial charge in [0.05, 0.1) is 6.10 Å². The van der Waals surface area contributed by atoms with Gasteiger partial charge in [-0.15, -0.1) is 0 Å². The van der Waals surface area contributed by atoms with E-state index in [9.17, 15) is 0 Å². The van der Waals surface area contributed by atoms with Gasteiger partial charge in [0.2, 0.25) is 0 Å². The van der Waals surface area contributed by atoms with Crippen molar-refractivity contribution >= 4 is 11.7 Å². The summed E-state index contributed by atoms with van der Waals surface area (Å²) in [5, 5.41) is 7.40. The lowest BCUT2D eigenvalue weighted by molar-refractivity contribution is 0.0215. The van der Waals surface area contributed by atoms with Crippen molar-refractivity contribution in [3.63, 3.8) is 0 Å². The molecule has 1 saturated heterocycles. The number of nitrogen functional groups attached to an aromatic ring is 1. The van der Waals surface area contributed by atoms with E-state index in [0.717, 1.165) is 31.8 Å². The van der Waals surface area contributed by atoms with Crippen molar-refractivity contribution in [2.45, 2.75) is 25.4 Å². The van der Waals surface area contributed by atoms with Crippen LogP contribution in [0.5, 0.6) is 0 Å². The van der Waals surface area contributed by atoms with Crippen LogP contribution >= 0.6 is 0 Å². The number of ether oxygens (including phenoxy) is 1. The Balaban J connectivity index is 2.01. The molecule has 5 heteroatoms. The SMILES string of the molecule is CN(CC1CCCCO1)c1cccc(C(=N)N)n1. The zero-order chi connectivity index (χ0) is 13.0. The van der Waals surface area contributed by atoms with Crippen LogP contribution in [0.25, 0.3) is 0 Å². The molecule has 18 heavy (non-hydrogen) atoms. The highest BCUT2D eigenvalue weighted by molar-refractivity contribution is 5.93. The summed E-state index contributed by atoms with van der Waals surface area (Å²) >= 11 is 0. The Hall–Kier alpha value is -1.62. The van der Waals surface area contributed by atoms with Gasteiger partial charge in [0.15, 0.2) is 0 Å². The maximum absolute atomic E-state index is 7.40. The number of rotatable bonds is 4. The van der Waals surface area contributed by atoms with E-state index in [4.69, 9.17) is 15.9 Å². The van der Waals surface area contributed by atoms with Crippen LogP contribution in [0.1, 0.15) is 25.0 Å². The molecule has 0 saturated carbocycles. The van der Waals surface area contributed by atoms with Crippen molar-refractivity contribution in [1.29, 1.82) is 5.41 Å². The fraction of sp³-hybridized carbons (Fsp3) is 0.538. The van der Waals surface area contributed by atoms with Crippen molar-refractivity contribution in [3.05, 3.63) is 23.9 Å². The minimum Gasteiger partial charge on any atom is -0.382 e. The molecule has 1 aliphatic rings. The molecular formula is C13H20N4O. The molecule has 2 rings (SSSR count). The second kappa shape index (κ2) is 5.82. The summed E-state index contributed by atoms with van der Waals surface area (Å²) in [6, 6.07) is 5.54. The predicted octanol–water partition coefficient (Wildman–Crippen LogP) is 1.37. The molecule has 3 N–H and O–H groups in total. The van der Waals surface area contributed by atoms with Gasteiger partial charge in [-0.1, -0.05) is 6.07 Å². The van der Waals surface area contributed by atoms with Gasteiger partial charge in [-0.3, -0.25) is 5.41 Å². The fourth-order valence-electron chi connectivity index (χ4n) is 2.14. The number of likely N-dealkylation sites (N-methyl/N-ethyl adjacent to an activating group) is 1. The normalized spacial score (nSPS) is 19.5. The molecule has 0 bridgehead atoms. The average Bonchev–Trinajstić information content (AvgIpc) is 2.40. The van der Waals surface area contributed by atoms with E-state index in [0.29, 0.717) is 5.69 Å². The molecule has 0 aromatic carbocycles. The quantitative estimate of drug-likeness (QED) is 0.623. The highest BCUT2D eigenvalue weighted by atomic mass is 16.5. The summed E-state index contributed by atoms with van der Waals surface area (Å²) in [6.07, 6.45) is 3.79. The summed E-state index contributed by atoms with van der Waals surface area (Å²) in [5.41, 5.74) is 5.96. The number of nitrogens with one attached hydrogen (secondary N) is 1. The molecule has 0 spiro atoms. The van der Waals surface area contributed by atoms with Gasteiger partial charge in [-0.25, -0.2) is 4.98 Å². The van der Waals surface area contributed by atoms with Crippen LogP contribution in [0.4, 0.5) is 5.82 Å². The van der Waals surface area contributed by atoms with Crippen LogP contribution in [0.3, 0.4) is 0 Å². The highest BCUT2D eigenvalue weighted by Crippen LogP contribution is 2.16. The number of amidine groups is 1. The van der Waals surface area contributed by atoms with E-state index in [1.807, 2.05) is 19.2 Å². The smallest absolute Gasteiger partial charge is 0.141 e. The van der Waals surface area contributed by atoms with Gasteiger partial charge >= 0.3 is 0 Å². The lowest BCUT2D eigenvalue weighted by Crippen LogP contribution is -2.34. The molecule has 1 fully saturated rings. The van der Waals surface area contributed by atoms with E-state index in [1.54, 1.807) is 6.07 Å². The molecule has 1 unspecified atom stereocenters. The molecule has 2 heterocycles. The molecule has 0 aliphatic carbocycles. The highest BCUT2D eigenvalue weighted by Gasteiger charge is 2.16. The Labute approximate surface area is 107 Å². The fourth-order valence-corrected chi connectivity index (χ4v) is 2.14. The zero-order valence-corrected chi connectivity index (χ0v) is 10.7. The van der Waals surface area contributed by atoms with Crippen molar-refractivity contribution in [2.24, 2.45) is 5.73 Å². The molecule has 98 valence electrons. The predicted molar refractivity (Wildman–Crippen MR) is 72.1 cm³/mol. The molecule has 0 radical (unpaired) electrons. The number of hydrogen-bond donors (Lipinski definition) is 2. The van der Waals surface area contributed by atoms with Gasteiger partial charge < -0.3 is 15.4 Å². The Kier molecular flexibility index (Phi) is 4.15. The summed E-state index contributed by atoms with van der Waals surface area (Å²) in [4.78, 5) is 6.42. The lowest BCUT2D eigenvalue weighted by atomic mass is 10.1. The molecule has 5 nitrogen and oxygen atoms in total. The van der Waals surface area contributed by atoms with E-state index < -0.39 is 0 Å². The monoisotopic (exact) mass is 248 g/mol. The summed E-state index contributed by atoms with van der Waals surface area (Å²) in [7, 11) is 1.99. The van der Waals surface area contributed by atoms with E-state index in [-0.39, 0.29) is 11.9 Å². The zero-order valence-electron chi connectivity index (χ0n) is 10.7. The first-order chi connectivity index (χ1) is 8.66. The third-order valence-electron chi connectivity index (χ3n) is 3.15. The maximum Gasteiger partial charge on any atom is 0.141 e. The Bertz CT molecular complexity index is 415. The molecule has 0 amide bonds. The molecule has 1 aromatic rings. The standard InChI is InChI=1S/C13H20N4O/c1-17(9-10-5-2-3-8-18-10)12-7-4-6-11(16-12)13(14)15/h4,6-7,10H,2-3,5,8-9H2,1H3,(H3,14,15). The number of aromatic nitrogens is 1. The number of pyridine rings is 1. The summed E-state index contributed by atoms with van der Waals surface area (Å²) < 4.78 is 5.71. The number of nitrogens with two attached hydrogens (primary N) is 1. The molecule has 1 aromatic heterocycles. The van der Waals surface area contributed by atoms with Gasteiger partial charge in [0, 0.05) is 20.2 Å². The lowest BCUT2D eigenvalue weighted by Gasteiger charge is -2.28. The van der Waals surface area contributed by atoms with Crippen molar-refractivity contribution in [2.75, 3.05) is 25.1 Å². The average molecular weight is 248 g/mol. The van der Waals surface area contributed by atoms with Crippen LogP contribution in [-0.2, 0) is 4.74 Å². The van der Waals surface area contributed by atoms with Crippen molar-refractivity contribution in [1.82, 2.24) is 4.98 Å². The van der Waals surface area contributed by atoms with Crippen LogP contribution in [0.15, 0.2) is 18.2 Å². The van der Waals surface area contributed by atoms with Crippen molar-refractivity contribution in [3.8, 4) is 0 Å². The van der Waals surface area contributed by atoms with Gasteiger partial charge in [-0.05, 0) is 31.4 Å². The molecule has 1 atom stereocenters. The topological polar surface area (TPSA) is 75.2 Å². The summed E-state index contributed by atoms with van der Waals surface area (Å²) in [5.74, 6) is 0.830. The van der Waals surface area contributed by atoms with Crippen LogP contribution in [0, 0.1) is 5.41 Å². The maximum atomic E-state index is 7.40.